The highest BCUT2D eigenvalue weighted by atomic mass is 19.1. The molecular formula is C15H17FN2O6. The molecule has 0 saturated carbocycles. The molecule has 0 radical (unpaired) electrons. The summed E-state index contributed by atoms with van der Waals surface area (Å²) in [7, 11) is 0. The Balaban J connectivity index is 2.65. The lowest BCUT2D eigenvalue weighted by atomic mass is 10.1. The third-order valence-electron chi connectivity index (χ3n) is 3.14. The summed E-state index contributed by atoms with van der Waals surface area (Å²) in [6.45, 7) is 0. The molecule has 1 aromatic carbocycles. The number of hydrogen-bond acceptors (Lipinski definition) is 4. The zero-order valence-corrected chi connectivity index (χ0v) is 12.6. The van der Waals surface area contributed by atoms with Gasteiger partial charge in [-0.2, -0.15) is 0 Å². The van der Waals surface area contributed by atoms with Gasteiger partial charge in [-0.1, -0.05) is 18.2 Å². The third kappa shape index (κ3) is 6.42. The zero-order valence-electron chi connectivity index (χ0n) is 12.6. The van der Waals surface area contributed by atoms with Gasteiger partial charge in [-0.05, 0) is 18.1 Å². The molecule has 0 aliphatic carbocycles. The topological polar surface area (TPSA) is 133 Å². The van der Waals surface area contributed by atoms with E-state index < -0.39 is 35.9 Å². The maximum absolute atomic E-state index is 13.6. The Morgan fingerprint density at radius 2 is 1.83 bits per heavy atom. The van der Waals surface area contributed by atoms with Gasteiger partial charge < -0.3 is 25.6 Å². The van der Waals surface area contributed by atoms with Crippen molar-refractivity contribution in [1.82, 2.24) is 10.6 Å². The number of aldehydes is 1. The number of hydrogen-bond donors (Lipinski definition) is 4. The molecular weight excluding hydrogens is 323 g/mol. The summed E-state index contributed by atoms with van der Waals surface area (Å²) in [6, 6.07) is 2.12. The van der Waals surface area contributed by atoms with Crippen LogP contribution in [-0.2, 0) is 20.8 Å². The van der Waals surface area contributed by atoms with E-state index in [4.69, 9.17) is 10.2 Å². The molecule has 0 unspecified atom stereocenters. The number of urea groups is 1. The van der Waals surface area contributed by atoms with E-state index in [-0.39, 0.29) is 24.8 Å². The summed E-state index contributed by atoms with van der Waals surface area (Å²) in [6.07, 6.45) is -0.385. The van der Waals surface area contributed by atoms with Crippen molar-refractivity contribution in [1.29, 1.82) is 0 Å². The molecule has 0 heterocycles. The average molecular weight is 340 g/mol. The number of carboxylic acids is 2. The largest absolute Gasteiger partial charge is 0.481 e. The second-order valence-corrected chi connectivity index (χ2v) is 4.98. The highest BCUT2D eigenvalue weighted by Gasteiger charge is 2.23. The van der Waals surface area contributed by atoms with E-state index in [1.54, 1.807) is 0 Å². The fraction of sp³-hybridized carbons (Fsp3) is 0.333. The monoisotopic (exact) mass is 340 g/mol. The highest BCUT2D eigenvalue weighted by Crippen LogP contribution is 2.09. The normalized spacial score (nSPS) is 12.7. The molecule has 0 aromatic heterocycles. The Kier molecular flexibility index (Phi) is 7.34. The molecule has 0 bridgehead atoms. The Hall–Kier alpha value is -2.97. The predicted octanol–water partition coefficient (Wildman–Crippen LogP) is 0.553. The summed E-state index contributed by atoms with van der Waals surface area (Å²) in [5.41, 5.74) is 0.114. The van der Waals surface area contributed by atoms with Crippen LogP contribution in [-0.4, -0.2) is 46.6 Å². The number of amides is 2. The molecule has 2 amide bonds. The van der Waals surface area contributed by atoms with Gasteiger partial charge in [0, 0.05) is 12.8 Å². The molecule has 0 fully saturated rings. The van der Waals surface area contributed by atoms with E-state index in [1.807, 2.05) is 0 Å². The van der Waals surface area contributed by atoms with Gasteiger partial charge in [-0.15, -0.1) is 0 Å². The van der Waals surface area contributed by atoms with Crippen LogP contribution in [0.15, 0.2) is 24.3 Å². The summed E-state index contributed by atoms with van der Waals surface area (Å²) in [5.74, 6) is -3.10. The minimum atomic E-state index is -1.41. The number of benzene rings is 1. The molecule has 1 aromatic rings. The van der Waals surface area contributed by atoms with E-state index in [2.05, 4.69) is 10.6 Å². The summed E-state index contributed by atoms with van der Waals surface area (Å²) in [4.78, 5) is 44.2. The summed E-state index contributed by atoms with van der Waals surface area (Å²) >= 11 is 0. The van der Waals surface area contributed by atoms with Crippen LogP contribution in [0.3, 0.4) is 0 Å². The predicted molar refractivity (Wildman–Crippen MR) is 79.9 cm³/mol. The highest BCUT2D eigenvalue weighted by molar-refractivity contribution is 5.84. The van der Waals surface area contributed by atoms with Crippen molar-refractivity contribution in [3.63, 3.8) is 0 Å². The fourth-order valence-corrected chi connectivity index (χ4v) is 1.91. The quantitative estimate of drug-likeness (QED) is 0.485. The zero-order chi connectivity index (χ0) is 18.1. The number of aliphatic carboxylic acids is 2. The van der Waals surface area contributed by atoms with Gasteiger partial charge in [0.25, 0.3) is 0 Å². The first kappa shape index (κ1) is 19.1. The number of carbonyl (C=O) groups excluding carboxylic acids is 2. The van der Waals surface area contributed by atoms with Crippen LogP contribution in [0.4, 0.5) is 9.18 Å². The molecule has 0 aliphatic heterocycles. The maximum Gasteiger partial charge on any atom is 0.326 e. The first-order chi connectivity index (χ1) is 11.3. The van der Waals surface area contributed by atoms with Crippen LogP contribution in [0.2, 0.25) is 0 Å². The maximum atomic E-state index is 13.6. The van der Waals surface area contributed by atoms with Gasteiger partial charge in [0.1, 0.15) is 18.1 Å². The van der Waals surface area contributed by atoms with Gasteiger partial charge in [-0.25, -0.2) is 14.0 Å². The minimum absolute atomic E-state index is 0.114. The lowest BCUT2D eigenvalue weighted by molar-refractivity contribution is -0.139. The van der Waals surface area contributed by atoms with Crippen LogP contribution in [0, 0.1) is 5.82 Å². The van der Waals surface area contributed by atoms with Crippen LogP contribution in [0.1, 0.15) is 18.4 Å². The average Bonchev–Trinajstić information content (AvgIpc) is 2.52. The first-order valence-electron chi connectivity index (χ1n) is 7.03. The second kappa shape index (κ2) is 9.23. The standard InChI is InChI=1S/C15H17FN2O6/c16-11-4-2-1-3-9(11)7-12(14(22)23)18-15(24)17-10(8-19)5-6-13(20)21/h1-4,8,10,12H,5-7H2,(H,20,21)(H,22,23)(H2,17,18,24)/t10-,12-/m0/s1. The molecule has 0 aliphatic rings. The van der Waals surface area contributed by atoms with Crippen molar-refractivity contribution in [3.05, 3.63) is 35.6 Å². The SMILES string of the molecule is O=C[C@H](CCC(=O)O)NC(=O)N[C@@H](Cc1ccccc1F)C(=O)O. The molecule has 4 N–H and O–H groups in total. The number of carboxylic acid groups (broad SMARTS) is 2. The summed E-state index contributed by atoms with van der Waals surface area (Å²) < 4.78 is 13.6. The van der Waals surface area contributed by atoms with Crippen LogP contribution < -0.4 is 10.6 Å². The molecule has 24 heavy (non-hydrogen) atoms. The van der Waals surface area contributed by atoms with Crippen molar-refractivity contribution in [2.75, 3.05) is 0 Å². The van der Waals surface area contributed by atoms with Crippen LogP contribution in [0.5, 0.6) is 0 Å². The molecule has 1 rings (SSSR count). The van der Waals surface area contributed by atoms with Gasteiger partial charge in [0.2, 0.25) is 0 Å². The van der Waals surface area contributed by atoms with Gasteiger partial charge in [0.15, 0.2) is 0 Å². The van der Waals surface area contributed by atoms with Crippen LogP contribution >= 0.6 is 0 Å². The van der Waals surface area contributed by atoms with Crippen LogP contribution in [0.25, 0.3) is 0 Å². The lowest BCUT2D eigenvalue weighted by Crippen LogP contribution is -2.50. The fourth-order valence-electron chi connectivity index (χ4n) is 1.91. The minimum Gasteiger partial charge on any atom is -0.481 e. The molecule has 2 atom stereocenters. The van der Waals surface area contributed by atoms with Crippen molar-refractivity contribution in [2.45, 2.75) is 31.3 Å². The smallest absolute Gasteiger partial charge is 0.326 e. The molecule has 8 nitrogen and oxygen atoms in total. The van der Waals surface area contributed by atoms with Crippen molar-refractivity contribution >= 4 is 24.3 Å². The van der Waals surface area contributed by atoms with E-state index in [1.165, 1.54) is 24.3 Å². The molecule has 9 heteroatoms. The van der Waals surface area contributed by atoms with Gasteiger partial charge in [-0.3, -0.25) is 4.79 Å². The lowest BCUT2D eigenvalue weighted by Gasteiger charge is -2.17. The number of halogens is 1. The Morgan fingerprint density at radius 3 is 2.38 bits per heavy atom. The Labute approximate surface area is 136 Å². The number of nitrogens with one attached hydrogen (secondary N) is 2. The second-order valence-electron chi connectivity index (χ2n) is 4.98. The summed E-state index contributed by atoms with van der Waals surface area (Å²) in [5, 5.41) is 22.0. The van der Waals surface area contributed by atoms with E-state index in [0.29, 0.717) is 6.29 Å². The Bertz CT molecular complexity index is 622. The van der Waals surface area contributed by atoms with Gasteiger partial charge >= 0.3 is 18.0 Å². The van der Waals surface area contributed by atoms with Crippen molar-refractivity contribution in [2.24, 2.45) is 0 Å². The molecule has 130 valence electrons. The third-order valence-corrected chi connectivity index (χ3v) is 3.14. The number of rotatable bonds is 9. The molecule has 0 spiro atoms. The number of carbonyl (C=O) groups is 4. The Morgan fingerprint density at radius 1 is 1.17 bits per heavy atom. The van der Waals surface area contributed by atoms with Gasteiger partial charge in [0.05, 0.1) is 6.04 Å². The first-order valence-corrected chi connectivity index (χ1v) is 7.03. The van der Waals surface area contributed by atoms with E-state index in [9.17, 15) is 23.6 Å². The van der Waals surface area contributed by atoms with Crippen molar-refractivity contribution < 1.29 is 33.8 Å². The molecule has 0 saturated heterocycles. The van der Waals surface area contributed by atoms with E-state index >= 15 is 0 Å². The van der Waals surface area contributed by atoms with E-state index in [0.717, 1.165) is 0 Å². The van der Waals surface area contributed by atoms with Crippen molar-refractivity contribution in [3.8, 4) is 0 Å².